The average molecular weight is 256 g/mol. The molecule has 0 saturated carbocycles. The number of carboxylic acid groups (broad SMARTS) is 2. The van der Waals surface area contributed by atoms with Gasteiger partial charge in [-0.15, -0.1) is 0 Å². The zero-order valence-electron chi connectivity index (χ0n) is 9.49. The van der Waals surface area contributed by atoms with Crippen molar-refractivity contribution in [1.82, 2.24) is 0 Å². The van der Waals surface area contributed by atoms with Crippen LogP contribution in [0.3, 0.4) is 0 Å². The average Bonchev–Trinajstić information content (AvgIpc) is 2.29. The fourth-order valence-electron chi connectivity index (χ4n) is 0.947. The van der Waals surface area contributed by atoms with Crippen LogP contribution in [0.2, 0.25) is 0 Å². The molecule has 1 aromatic rings. The molecule has 7 nitrogen and oxygen atoms in total. The third kappa shape index (κ3) is 5.61. The summed E-state index contributed by atoms with van der Waals surface area (Å²) in [6.07, 6.45) is 0. The van der Waals surface area contributed by atoms with Crippen LogP contribution in [0.15, 0.2) is 24.3 Å². The molecule has 1 aromatic carbocycles. The summed E-state index contributed by atoms with van der Waals surface area (Å²) in [4.78, 5) is 30.6. The van der Waals surface area contributed by atoms with E-state index in [4.69, 9.17) is 15.3 Å². The number of carbonyl (C=O) groups excluding carboxylic acids is 1. The highest BCUT2D eigenvalue weighted by molar-refractivity contribution is 6.01. The number of hydrogen-bond acceptors (Lipinski definition) is 5. The second-order valence-electron chi connectivity index (χ2n) is 2.92. The number of carbonyl (C=O) groups is 3. The molecular weight excluding hydrogens is 244 g/mol. The van der Waals surface area contributed by atoms with E-state index >= 15 is 0 Å². The first-order valence-electron chi connectivity index (χ1n) is 4.70. The van der Waals surface area contributed by atoms with Crippen molar-refractivity contribution in [2.24, 2.45) is 0 Å². The zero-order valence-corrected chi connectivity index (χ0v) is 9.49. The van der Waals surface area contributed by atoms with E-state index in [1.807, 2.05) is 0 Å². The molecule has 0 aromatic heterocycles. The Morgan fingerprint density at radius 3 is 1.61 bits per heavy atom. The highest BCUT2D eigenvalue weighted by atomic mass is 16.6. The van der Waals surface area contributed by atoms with E-state index in [0.29, 0.717) is 0 Å². The predicted octanol–water partition coefficient (Wildman–Crippen LogP) is 0.582. The summed E-state index contributed by atoms with van der Waals surface area (Å²) in [5.74, 6) is -2.92. The van der Waals surface area contributed by atoms with Crippen molar-refractivity contribution >= 4 is 17.9 Å². The summed E-state index contributed by atoms with van der Waals surface area (Å²) in [5, 5.41) is 24.9. The minimum Gasteiger partial charge on any atom is -0.478 e. The van der Waals surface area contributed by atoms with Gasteiger partial charge in [0.05, 0.1) is 11.1 Å². The molecule has 0 heterocycles. The van der Waals surface area contributed by atoms with Crippen molar-refractivity contribution in [1.29, 1.82) is 0 Å². The molecule has 98 valence electrons. The molecule has 0 aliphatic heterocycles. The van der Waals surface area contributed by atoms with Crippen LogP contribution < -0.4 is 0 Å². The van der Waals surface area contributed by atoms with E-state index in [9.17, 15) is 14.4 Å². The van der Waals surface area contributed by atoms with Crippen LogP contribution in [0, 0.1) is 0 Å². The number of aromatic carboxylic acids is 2. The maximum absolute atomic E-state index is 10.5. The Kier molecular flexibility index (Phi) is 6.75. The van der Waals surface area contributed by atoms with Crippen LogP contribution in [-0.4, -0.2) is 40.0 Å². The van der Waals surface area contributed by atoms with Gasteiger partial charge in [-0.05, 0) is 12.1 Å². The summed E-state index contributed by atoms with van der Waals surface area (Å²) in [6, 6.07) is 5.48. The lowest BCUT2D eigenvalue weighted by atomic mass is 10.1. The van der Waals surface area contributed by atoms with Gasteiger partial charge in [0.25, 0.3) is 0 Å². The van der Waals surface area contributed by atoms with Crippen LogP contribution in [-0.2, 0) is 9.53 Å². The Bertz CT molecular complexity index is 406. The first kappa shape index (κ1) is 15.6. The second kappa shape index (κ2) is 7.80. The van der Waals surface area contributed by atoms with Crippen molar-refractivity contribution in [2.45, 2.75) is 6.92 Å². The minimum atomic E-state index is -1.23. The third-order valence-corrected chi connectivity index (χ3v) is 1.66. The van der Waals surface area contributed by atoms with Crippen LogP contribution in [0.25, 0.3) is 0 Å². The van der Waals surface area contributed by atoms with Crippen molar-refractivity contribution < 1.29 is 34.4 Å². The monoisotopic (exact) mass is 256 g/mol. The maximum atomic E-state index is 10.5. The van der Waals surface area contributed by atoms with E-state index in [1.165, 1.54) is 31.2 Å². The van der Waals surface area contributed by atoms with Crippen molar-refractivity contribution in [3.8, 4) is 0 Å². The van der Waals surface area contributed by atoms with Gasteiger partial charge in [0.15, 0.2) is 6.79 Å². The lowest BCUT2D eigenvalue weighted by molar-refractivity contribution is -0.148. The summed E-state index contributed by atoms with van der Waals surface area (Å²) in [7, 11) is 0. The molecule has 7 heteroatoms. The van der Waals surface area contributed by atoms with Crippen molar-refractivity contribution in [3.05, 3.63) is 35.4 Å². The molecule has 0 atom stereocenters. The van der Waals surface area contributed by atoms with Gasteiger partial charge in [0, 0.05) is 6.92 Å². The second-order valence-corrected chi connectivity index (χ2v) is 2.92. The molecule has 3 N–H and O–H groups in total. The predicted molar refractivity (Wildman–Crippen MR) is 59.2 cm³/mol. The van der Waals surface area contributed by atoms with Crippen LogP contribution in [0.4, 0.5) is 0 Å². The first-order valence-corrected chi connectivity index (χ1v) is 4.70. The van der Waals surface area contributed by atoms with Crippen LogP contribution in [0.1, 0.15) is 27.6 Å². The fraction of sp³-hybridized carbons (Fsp3) is 0.182. The topological polar surface area (TPSA) is 121 Å². The summed E-state index contributed by atoms with van der Waals surface area (Å²) >= 11 is 0. The van der Waals surface area contributed by atoms with E-state index < -0.39 is 24.7 Å². The first-order chi connectivity index (χ1) is 8.40. The molecule has 0 amide bonds. The lowest BCUT2D eigenvalue weighted by Crippen LogP contribution is -2.06. The van der Waals surface area contributed by atoms with Gasteiger partial charge in [-0.1, -0.05) is 12.1 Å². The fourth-order valence-corrected chi connectivity index (χ4v) is 0.947. The molecular formula is C11H12O7. The maximum Gasteiger partial charge on any atom is 0.336 e. The quantitative estimate of drug-likeness (QED) is 0.534. The molecule has 1 rings (SSSR count). The molecule has 0 radical (unpaired) electrons. The summed E-state index contributed by atoms with van der Waals surface area (Å²) < 4.78 is 3.96. The van der Waals surface area contributed by atoms with Crippen molar-refractivity contribution in [3.63, 3.8) is 0 Å². The summed E-state index contributed by atoms with van der Waals surface area (Å²) in [6.45, 7) is 0.714. The zero-order chi connectivity index (χ0) is 14.1. The molecule has 0 saturated heterocycles. The van der Waals surface area contributed by atoms with Gasteiger partial charge in [0.1, 0.15) is 0 Å². The number of carboxylic acids is 2. The van der Waals surface area contributed by atoms with E-state index in [0.717, 1.165) is 0 Å². The smallest absolute Gasteiger partial charge is 0.336 e. The third-order valence-electron chi connectivity index (χ3n) is 1.66. The Morgan fingerprint density at radius 2 is 1.44 bits per heavy atom. The highest BCUT2D eigenvalue weighted by Crippen LogP contribution is 2.07. The number of rotatable bonds is 3. The highest BCUT2D eigenvalue weighted by Gasteiger charge is 2.13. The van der Waals surface area contributed by atoms with Crippen LogP contribution >= 0.6 is 0 Å². The molecule has 0 unspecified atom stereocenters. The molecule has 18 heavy (non-hydrogen) atoms. The summed E-state index contributed by atoms with van der Waals surface area (Å²) in [5.41, 5.74) is -0.380. The largest absolute Gasteiger partial charge is 0.478 e. The number of aliphatic hydroxyl groups excluding tert-OH is 1. The minimum absolute atomic E-state index is 0.190. The molecule has 0 spiro atoms. The Labute approximate surface area is 102 Å². The molecule has 0 fully saturated rings. The van der Waals surface area contributed by atoms with Crippen LogP contribution in [0.5, 0.6) is 0 Å². The van der Waals surface area contributed by atoms with Gasteiger partial charge >= 0.3 is 17.9 Å². The SMILES string of the molecule is CC(=O)OCO.O=C(O)c1ccccc1C(=O)O. The number of benzene rings is 1. The van der Waals surface area contributed by atoms with Gasteiger partial charge in [-0.3, -0.25) is 4.79 Å². The Balaban J connectivity index is 0.000000411. The Hall–Kier alpha value is -2.41. The van der Waals surface area contributed by atoms with E-state index in [2.05, 4.69) is 4.74 Å². The van der Waals surface area contributed by atoms with Gasteiger partial charge in [-0.25, -0.2) is 9.59 Å². The Morgan fingerprint density at radius 1 is 1.06 bits per heavy atom. The number of ether oxygens (including phenoxy) is 1. The molecule has 0 aliphatic carbocycles. The van der Waals surface area contributed by atoms with E-state index in [-0.39, 0.29) is 11.1 Å². The van der Waals surface area contributed by atoms with Gasteiger partial charge in [-0.2, -0.15) is 0 Å². The van der Waals surface area contributed by atoms with E-state index in [1.54, 1.807) is 0 Å². The van der Waals surface area contributed by atoms with Crippen molar-refractivity contribution in [2.75, 3.05) is 6.79 Å². The van der Waals surface area contributed by atoms with Gasteiger partial charge in [0.2, 0.25) is 0 Å². The number of aliphatic hydroxyl groups is 1. The standard InChI is InChI=1S/C8H6O4.C3H6O3/c9-7(10)5-3-1-2-4-6(5)8(11)12;1-3(5)6-2-4/h1-4H,(H,9,10)(H,11,12);4H,2H2,1H3. The normalized spacial score (nSPS) is 8.78. The lowest BCUT2D eigenvalue weighted by Gasteiger charge is -1.98. The number of hydrogen-bond donors (Lipinski definition) is 3. The molecule has 0 aliphatic rings. The number of esters is 1. The van der Waals surface area contributed by atoms with Gasteiger partial charge < -0.3 is 20.1 Å². The molecule has 0 bridgehead atoms.